The van der Waals surface area contributed by atoms with Gasteiger partial charge in [-0.2, -0.15) is 10.4 Å². The van der Waals surface area contributed by atoms with Crippen LogP contribution in [-0.2, 0) is 0 Å². The quantitative estimate of drug-likeness (QED) is 0.818. The SMILES string of the molecule is CN(C)c1ccc(-n2nc(C#N)c(N)c2N)cc1. The standard InChI is InChI=1S/C12H14N6/c1-17(2)8-3-5-9(6-4-8)18-12(15)11(14)10(7-13)16-18/h3-6H,14-15H2,1-2H3. The Morgan fingerprint density at radius 2 is 1.83 bits per heavy atom. The van der Waals surface area contributed by atoms with Crippen molar-refractivity contribution in [1.29, 1.82) is 5.26 Å². The fraction of sp³-hybridized carbons (Fsp3) is 0.167. The van der Waals surface area contributed by atoms with E-state index in [1.807, 2.05) is 49.3 Å². The topological polar surface area (TPSA) is 96.9 Å². The number of nitrogens with two attached hydrogens (primary N) is 2. The highest BCUT2D eigenvalue weighted by molar-refractivity contribution is 5.68. The van der Waals surface area contributed by atoms with Crippen LogP contribution in [0.15, 0.2) is 24.3 Å². The van der Waals surface area contributed by atoms with Crippen LogP contribution >= 0.6 is 0 Å². The van der Waals surface area contributed by atoms with Crippen LogP contribution in [0.2, 0.25) is 0 Å². The summed E-state index contributed by atoms with van der Waals surface area (Å²) >= 11 is 0. The highest BCUT2D eigenvalue weighted by Crippen LogP contribution is 2.23. The van der Waals surface area contributed by atoms with Crippen molar-refractivity contribution >= 4 is 17.2 Å². The van der Waals surface area contributed by atoms with E-state index in [1.54, 1.807) is 0 Å². The predicted octanol–water partition coefficient (Wildman–Crippen LogP) is 0.974. The number of nitrogen functional groups attached to an aromatic ring is 2. The predicted molar refractivity (Wildman–Crippen MR) is 71.4 cm³/mol. The van der Waals surface area contributed by atoms with Gasteiger partial charge in [0.2, 0.25) is 0 Å². The van der Waals surface area contributed by atoms with Crippen molar-refractivity contribution in [3.8, 4) is 11.8 Å². The number of anilines is 3. The van der Waals surface area contributed by atoms with Crippen LogP contribution in [0, 0.1) is 11.3 Å². The fourth-order valence-corrected chi connectivity index (χ4v) is 1.61. The third kappa shape index (κ3) is 1.82. The fourth-order valence-electron chi connectivity index (χ4n) is 1.61. The summed E-state index contributed by atoms with van der Waals surface area (Å²) in [5.74, 6) is 0.282. The first-order valence-electron chi connectivity index (χ1n) is 5.36. The van der Waals surface area contributed by atoms with Crippen LogP contribution < -0.4 is 16.4 Å². The lowest BCUT2D eigenvalue weighted by molar-refractivity contribution is 0.883. The van der Waals surface area contributed by atoms with Crippen molar-refractivity contribution in [3.05, 3.63) is 30.0 Å². The molecule has 18 heavy (non-hydrogen) atoms. The van der Waals surface area contributed by atoms with Gasteiger partial charge in [-0.05, 0) is 24.3 Å². The number of hydrogen-bond acceptors (Lipinski definition) is 5. The lowest BCUT2D eigenvalue weighted by Gasteiger charge is -2.12. The second-order valence-corrected chi connectivity index (χ2v) is 4.08. The molecule has 0 saturated carbocycles. The van der Waals surface area contributed by atoms with Crippen molar-refractivity contribution in [3.63, 3.8) is 0 Å². The smallest absolute Gasteiger partial charge is 0.188 e. The largest absolute Gasteiger partial charge is 0.393 e. The molecule has 0 amide bonds. The summed E-state index contributed by atoms with van der Waals surface area (Å²) < 4.78 is 1.47. The molecule has 1 heterocycles. The van der Waals surface area contributed by atoms with Gasteiger partial charge in [-0.25, -0.2) is 4.68 Å². The van der Waals surface area contributed by atoms with Gasteiger partial charge in [-0.15, -0.1) is 0 Å². The summed E-state index contributed by atoms with van der Waals surface area (Å²) in [6, 6.07) is 9.55. The molecule has 4 N–H and O–H groups in total. The normalized spacial score (nSPS) is 10.1. The zero-order valence-electron chi connectivity index (χ0n) is 10.3. The molecule has 92 valence electrons. The Labute approximate surface area is 105 Å². The molecule has 0 atom stereocenters. The molecule has 0 aliphatic carbocycles. The zero-order chi connectivity index (χ0) is 13.3. The first-order chi connectivity index (χ1) is 8.54. The van der Waals surface area contributed by atoms with Gasteiger partial charge in [-0.3, -0.25) is 0 Å². The molecular weight excluding hydrogens is 228 g/mol. The van der Waals surface area contributed by atoms with Crippen molar-refractivity contribution < 1.29 is 0 Å². The summed E-state index contributed by atoms with van der Waals surface area (Å²) in [7, 11) is 3.92. The van der Waals surface area contributed by atoms with Gasteiger partial charge in [0.1, 0.15) is 11.8 Å². The average molecular weight is 242 g/mol. The summed E-state index contributed by atoms with van der Waals surface area (Å²) in [4.78, 5) is 1.99. The van der Waals surface area contributed by atoms with Crippen LogP contribution in [0.4, 0.5) is 17.2 Å². The summed E-state index contributed by atoms with van der Waals surface area (Å²) in [5.41, 5.74) is 13.7. The molecule has 0 aliphatic heterocycles. The van der Waals surface area contributed by atoms with Gasteiger partial charge in [0.25, 0.3) is 0 Å². The molecule has 6 heteroatoms. The maximum Gasteiger partial charge on any atom is 0.188 e. The molecule has 2 rings (SSSR count). The van der Waals surface area contributed by atoms with Gasteiger partial charge < -0.3 is 16.4 Å². The van der Waals surface area contributed by atoms with Crippen molar-refractivity contribution in [1.82, 2.24) is 9.78 Å². The molecule has 0 bridgehead atoms. The molecule has 0 unspecified atom stereocenters. The summed E-state index contributed by atoms with van der Waals surface area (Å²) in [6.07, 6.45) is 0. The van der Waals surface area contributed by atoms with Gasteiger partial charge in [-0.1, -0.05) is 0 Å². The monoisotopic (exact) mass is 242 g/mol. The Morgan fingerprint density at radius 3 is 2.28 bits per heavy atom. The van der Waals surface area contributed by atoms with Crippen molar-refractivity contribution in [2.75, 3.05) is 30.5 Å². The van der Waals surface area contributed by atoms with E-state index in [0.29, 0.717) is 0 Å². The van der Waals surface area contributed by atoms with Gasteiger partial charge >= 0.3 is 0 Å². The second kappa shape index (κ2) is 4.30. The molecular formula is C12H14N6. The second-order valence-electron chi connectivity index (χ2n) is 4.08. The minimum absolute atomic E-state index is 0.143. The Bertz CT molecular complexity index is 603. The number of nitriles is 1. The Balaban J connectivity index is 2.47. The lowest BCUT2D eigenvalue weighted by atomic mass is 10.2. The highest BCUT2D eigenvalue weighted by atomic mass is 15.3. The first-order valence-corrected chi connectivity index (χ1v) is 5.36. The van der Waals surface area contributed by atoms with E-state index in [0.717, 1.165) is 11.4 Å². The molecule has 2 aromatic rings. The molecule has 0 aliphatic rings. The van der Waals surface area contributed by atoms with Crippen LogP contribution in [0.3, 0.4) is 0 Å². The number of nitrogens with zero attached hydrogens (tertiary/aromatic N) is 4. The Hall–Kier alpha value is -2.68. The summed E-state index contributed by atoms with van der Waals surface area (Å²) in [5, 5.41) is 12.9. The highest BCUT2D eigenvalue weighted by Gasteiger charge is 2.13. The van der Waals surface area contributed by atoms with E-state index in [-0.39, 0.29) is 17.2 Å². The van der Waals surface area contributed by atoms with E-state index < -0.39 is 0 Å². The summed E-state index contributed by atoms with van der Waals surface area (Å²) in [6.45, 7) is 0. The van der Waals surface area contributed by atoms with E-state index in [4.69, 9.17) is 16.7 Å². The maximum absolute atomic E-state index is 8.85. The molecule has 1 aromatic carbocycles. The Kier molecular flexibility index (Phi) is 2.81. The minimum Gasteiger partial charge on any atom is -0.393 e. The van der Waals surface area contributed by atoms with E-state index in [2.05, 4.69) is 5.10 Å². The first kappa shape index (κ1) is 11.8. The van der Waals surface area contributed by atoms with E-state index in [1.165, 1.54) is 4.68 Å². The average Bonchev–Trinajstić information content (AvgIpc) is 2.66. The minimum atomic E-state index is 0.143. The van der Waals surface area contributed by atoms with Gasteiger partial charge in [0.05, 0.1) is 5.69 Å². The van der Waals surface area contributed by atoms with Crippen LogP contribution in [0.1, 0.15) is 5.69 Å². The van der Waals surface area contributed by atoms with Crippen LogP contribution in [0.25, 0.3) is 5.69 Å². The third-order valence-corrected chi connectivity index (χ3v) is 2.68. The van der Waals surface area contributed by atoms with Gasteiger partial charge in [0, 0.05) is 19.8 Å². The third-order valence-electron chi connectivity index (χ3n) is 2.68. The molecule has 0 spiro atoms. The van der Waals surface area contributed by atoms with Gasteiger partial charge in [0.15, 0.2) is 11.5 Å². The van der Waals surface area contributed by atoms with E-state index >= 15 is 0 Å². The lowest BCUT2D eigenvalue weighted by Crippen LogP contribution is -2.09. The van der Waals surface area contributed by atoms with Crippen LogP contribution in [0.5, 0.6) is 0 Å². The number of hydrogen-bond donors (Lipinski definition) is 2. The van der Waals surface area contributed by atoms with Crippen molar-refractivity contribution in [2.45, 2.75) is 0 Å². The number of aromatic nitrogens is 2. The molecule has 6 nitrogen and oxygen atoms in total. The number of benzene rings is 1. The molecule has 1 aromatic heterocycles. The van der Waals surface area contributed by atoms with Crippen LogP contribution in [-0.4, -0.2) is 23.9 Å². The molecule has 0 radical (unpaired) electrons. The zero-order valence-corrected chi connectivity index (χ0v) is 10.3. The maximum atomic E-state index is 8.85. The molecule has 0 saturated heterocycles. The molecule has 0 fully saturated rings. The van der Waals surface area contributed by atoms with E-state index in [9.17, 15) is 0 Å². The van der Waals surface area contributed by atoms with Crippen molar-refractivity contribution in [2.24, 2.45) is 0 Å². The number of rotatable bonds is 2. The Morgan fingerprint density at radius 1 is 1.22 bits per heavy atom.